The van der Waals surface area contributed by atoms with E-state index in [0.717, 1.165) is 12.0 Å². The maximum atomic E-state index is 12.5. The first kappa shape index (κ1) is 21.9. The van der Waals surface area contributed by atoms with E-state index in [9.17, 15) is 14.9 Å². The van der Waals surface area contributed by atoms with Crippen LogP contribution >= 0.6 is 11.6 Å². The van der Waals surface area contributed by atoms with Gasteiger partial charge in [0.1, 0.15) is 11.7 Å². The highest BCUT2D eigenvalue weighted by Gasteiger charge is 2.18. The maximum absolute atomic E-state index is 12.5. The number of amides is 2. The molecule has 0 saturated heterocycles. The number of rotatable bonds is 8. The third-order valence-electron chi connectivity index (χ3n) is 4.48. The predicted molar refractivity (Wildman–Crippen MR) is 113 cm³/mol. The molecule has 0 aliphatic rings. The van der Waals surface area contributed by atoms with Crippen LogP contribution in [0.2, 0.25) is 5.02 Å². The number of aromatic nitrogens is 4. The van der Waals surface area contributed by atoms with Crippen LogP contribution in [0, 0.1) is 11.3 Å². The number of aryl methyl sites for hydroxylation is 1. The van der Waals surface area contributed by atoms with Gasteiger partial charge in [-0.2, -0.15) is 5.26 Å². The van der Waals surface area contributed by atoms with Crippen molar-refractivity contribution in [2.75, 3.05) is 6.54 Å². The third-order valence-corrected chi connectivity index (χ3v) is 4.71. The summed E-state index contributed by atoms with van der Waals surface area (Å²) in [6, 6.07) is 11.8. The van der Waals surface area contributed by atoms with Crippen molar-refractivity contribution in [2.24, 2.45) is 0 Å². The van der Waals surface area contributed by atoms with E-state index in [1.54, 1.807) is 6.07 Å². The minimum Gasteiger partial charge on any atom is -0.349 e. The standard InChI is InChI=1S/C21H20ClN7O2/c1-2-14-3-5-15(6-4-14)18(12-23)26-21(31)19-13-29(28-27-19)10-9-25-20(30)17-11-16(22)7-8-24-17/h3-8,11,13,18H,2,9-10H2,1H3,(H,25,30)(H,26,31). The molecule has 2 aromatic heterocycles. The molecule has 0 bridgehead atoms. The van der Waals surface area contributed by atoms with Crippen LogP contribution in [0.4, 0.5) is 0 Å². The summed E-state index contributed by atoms with van der Waals surface area (Å²) in [6.07, 6.45) is 3.79. The number of nitriles is 1. The van der Waals surface area contributed by atoms with E-state index >= 15 is 0 Å². The van der Waals surface area contributed by atoms with E-state index in [-0.39, 0.29) is 23.8 Å². The van der Waals surface area contributed by atoms with Crippen molar-refractivity contribution in [3.05, 3.63) is 76.3 Å². The molecule has 0 spiro atoms. The number of hydrogen-bond donors (Lipinski definition) is 2. The third kappa shape index (κ3) is 5.87. The zero-order valence-corrected chi connectivity index (χ0v) is 17.5. The van der Waals surface area contributed by atoms with Crippen molar-refractivity contribution in [3.8, 4) is 6.07 Å². The van der Waals surface area contributed by atoms with Gasteiger partial charge in [0.15, 0.2) is 5.69 Å². The van der Waals surface area contributed by atoms with E-state index in [0.29, 0.717) is 17.1 Å². The molecule has 2 N–H and O–H groups in total. The summed E-state index contributed by atoms with van der Waals surface area (Å²) < 4.78 is 1.43. The quantitative estimate of drug-likeness (QED) is 0.557. The SMILES string of the molecule is CCc1ccc(C(C#N)NC(=O)c2cn(CCNC(=O)c3cc(Cl)ccn3)nn2)cc1. The van der Waals surface area contributed by atoms with E-state index in [1.165, 1.54) is 23.1 Å². The van der Waals surface area contributed by atoms with Crippen LogP contribution in [0.1, 0.15) is 45.1 Å². The summed E-state index contributed by atoms with van der Waals surface area (Å²) in [5.74, 6) is -0.879. The molecule has 9 nitrogen and oxygen atoms in total. The molecule has 0 radical (unpaired) electrons. The minimum absolute atomic E-state index is 0.0771. The summed E-state index contributed by atoms with van der Waals surface area (Å²) in [5, 5.41) is 22.9. The molecule has 1 aromatic carbocycles. The second-order valence-electron chi connectivity index (χ2n) is 6.61. The Hall–Kier alpha value is -3.77. The van der Waals surface area contributed by atoms with Gasteiger partial charge in [-0.25, -0.2) is 4.68 Å². The van der Waals surface area contributed by atoms with Crippen LogP contribution in [-0.4, -0.2) is 38.3 Å². The van der Waals surface area contributed by atoms with Gasteiger partial charge in [0.2, 0.25) is 0 Å². The van der Waals surface area contributed by atoms with Crippen molar-refractivity contribution in [3.63, 3.8) is 0 Å². The molecule has 0 aliphatic carbocycles. The van der Waals surface area contributed by atoms with Crippen molar-refractivity contribution in [1.82, 2.24) is 30.6 Å². The number of pyridine rings is 1. The summed E-state index contributed by atoms with van der Waals surface area (Å²) in [6.45, 7) is 2.59. The summed E-state index contributed by atoms with van der Waals surface area (Å²) in [5.41, 5.74) is 2.12. The highest BCUT2D eigenvalue weighted by Crippen LogP contribution is 2.14. The zero-order chi connectivity index (χ0) is 22.2. The van der Waals surface area contributed by atoms with Gasteiger partial charge in [0, 0.05) is 17.8 Å². The molecule has 2 heterocycles. The van der Waals surface area contributed by atoms with Crippen LogP contribution in [0.5, 0.6) is 0 Å². The normalized spacial score (nSPS) is 11.4. The molecule has 158 valence electrons. The van der Waals surface area contributed by atoms with E-state index in [4.69, 9.17) is 11.6 Å². The van der Waals surface area contributed by atoms with E-state index in [2.05, 4.69) is 32.0 Å². The van der Waals surface area contributed by atoms with Gasteiger partial charge in [-0.1, -0.05) is 48.0 Å². The Balaban J connectivity index is 1.53. The number of nitrogens with one attached hydrogen (secondary N) is 2. The fourth-order valence-electron chi connectivity index (χ4n) is 2.76. The Bertz CT molecular complexity index is 1110. The number of benzene rings is 1. The van der Waals surface area contributed by atoms with Gasteiger partial charge >= 0.3 is 0 Å². The van der Waals surface area contributed by atoms with Gasteiger partial charge in [-0.15, -0.1) is 5.10 Å². The molecular formula is C21H20ClN7O2. The Morgan fingerprint density at radius 2 is 1.97 bits per heavy atom. The minimum atomic E-state index is -0.798. The number of nitrogens with zero attached hydrogens (tertiary/aromatic N) is 5. The van der Waals surface area contributed by atoms with Gasteiger partial charge in [0.05, 0.1) is 18.8 Å². The molecule has 0 saturated carbocycles. The lowest BCUT2D eigenvalue weighted by Crippen LogP contribution is -2.28. The molecule has 1 atom stereocenters. The van der Waals surface area contributed by atoms with Crippen LogP contribution in [-0.2, 0) is 13.0 Å². The summed E-state index contributed by atoms with van der Waals surface area (Å²) in [4.78, 5) is 28.5. The Kier molecular flexibility index (Phi) is 7.30. The molecule has 10 heteroatoms. The van der Waals surface area contributed by atoms with Gasteiger partial charge < -0.3 is 10.6 Å². The molecule has 31 heavy (non-hydrogen) atoms. The van der Waals surface area contributed by atoms with Crippen LogP contribution in [0.3, 0.4) is 0 Å². The average molecular weight is 438 g/mol. The summed E-state index contributed by atoms with van der Waals surface area (Å²) in [7, 11) is 0. The molecule has 0 aliphatic heterocycles. The highest BCUT2D eigenvalue weighted by atomic mass is 35.5. The van der Waals surface area contributed by atoms with Crippen LogP contribution in [0.25, 0.3) is 0 Å². The smallest absolute Gasteiger partial charge is 0.274 e. The molecular weight excluding hydrogens is 418 g/mol. The topological polar surface area (TPSA) is 126 Å². The monoisotopic (exact) mass is 437 g/mol. The molecule has 2 amide bonds. The number of carbonyl (C=O) groups is 2. The highest BCUT2D eigenvalue weighted by molar-refractivity contribution is 6.30. The zero-order valence-electron chi connectivity index (χ0n) is 16.7. The lowest BCUT2D eigenvalue weighted by Gasteiger charge is -2.11. The van der Waals surface area contributed by atoms with E-state index < -0.39 is 11.9 Å². The molecule has 1 unspecified atom stereocenters. The fraction of sp³-hybridized carbons (Fsp3) is 0.238. The van der Waals surface area contributed by atoms with Gasteiger partial charge in [-0.05, 0) is 29.7 Å². The first-order valence-electron chi connectivity index (χ1n) is 9.59. The number of carbonyl (C=O) groups excluding carboxylic acids is 2. The molecule has 3 rings (SSSR count). The van der Waals surface area contributed by atoms with Crippen molar-refractivity contribution >= 4 is 23.4 Å². The Morgan fingerprint density at radius 1 is 1.19 bits per heavy atom. The van der Waals surface area contributed by atoms with Crippen LogP contribution in [0.15, 0.2) is 48.8 Å². The Labute approximate surface area is 184 Å². The maximum Gasteiger partial charge on any atom is 0.274 e. The van der Waals surface area contributed by atoms with Gasteiger partial charge in [-0.3, -0.25) is 14.6 Å². The van der Waals surface area contributed by atoms with Crippen molar-refractivity contribution in [1.29, 1.82) is 5.26 Å². The average Bonchev–Trinajstić information content (AvgIpc) is 3.26. The second kappa shape index (κ2) is 10.3. The summed E-state index contributed by atoms with van der Waals surface area (Å²) >= 11 is 5.85. The van der Waals surface area contributed by atoms with E-state index in [1.807, 2.05) is 31.2 Å². The largest absolute Gasteiger partial charge is 0.349 e. The first-order valence-corrected chi connectivity index (χ1v) is 9.97. The predicted octanol–water partition coefficient (Wildman–Crippen LogP) is 2.31. The molecule has 0 fully saturated rings. The fourth-order valence-corrected chi connectivity index (χ4v) is 2.92. The first-order chi connectivity index (χ1) is 15.0. The Morgan fingerprint density at radius 3 is 2.65 bits per heavy atom. The lowest BCUT2D eigenvalue weighted by molar-refractivity contribution is 0.0934. The van der Waals surface area contributed by atoms with Crippen molar-refractivity contribution in [2.45, 2.75) is 25.9 Å². The number of hydrogen-bond acceptors (Lipinski definition) is 6. The second-order valence-corrected chi connectivity index (χ2v) is 7.05. The molecule has 3 aromatic rings. The van der Waals surface area contributed by atoms with Crippen LogP contribution < -0.4 is 10.6 Å². The lowest BCUT2D eigenvalue weighted by atomic mass is 10.0. The van der Waals surface area contributed by atoms with Gasteiger partial charge in [0.25, 0.3) is 11.8 Å². The number of halogens is 1. The van der Waals surface area contributed by atoms with Crippen molar-refractivity contribution < 1.29 is 9.59 Å².